The van der Waals surface area contributed by atoms with E-state index in [0.717, 1.165) is 10.2 Å². The molecule has 0 aliphatic heterocycles. The zero-order valence-corrected chi connectivity index (χ0v) is 22.5. The highest BCUT2D eigenvalue weighted by molar-refractivity contribution is 7.89. The van der Waals surface area contributed by atoms with Crippen molar-refractivity contribution < 1.29 is 31.8 Å². The van der Waals surface area contributed by atoms with Gasteiger partial charge in [-0.15, -0.1) is 0 Å². The van der Waals surface area contributed by atoms with Crippen molar-refractivity contribution in [2.75, 3.05) is 26.6 Å². The number of rotatable bonds is 12. The number of ether oxygens (including phenoxy) is 3. The van der Waals surface area contributed by atoms with Gasteiger partial charge >= 0.3 is 5.97 Å². The van der Waals surface area contributed by atoms with Gasteiger partial charge in [-0.05, 0) is 41.5 Å². The summed E-state index contributed by atoms with van der Waals surface area (Å²) in [6.45, 7) is 0.713. The van der Waals surface area contributed by atoms with E-state index in [9.17, 15) is 13.2 Å². The highest BCUT2D eigenvalue weighted by Gasteiger charge is 2.19. The summed E-state index contributed by atoms with van der Waals surface area (Å²) in [5.74, 6) is -0.478. The first kappa shape index (κ1) is 28.2. The van der Waals surface area contributed by atoms with Crippen molar-refractivity contribution in [2.24, 2.45) is 5.73 Å². The lowest BCUT2D eigenvalue weighted by atomic mass is 9.98. The number of nitrogens with two attached hydrogens (primary N) is 1. The highest BCUT2D eigenvalue weighted by atomic mass is 32.2. The van der Waals surface area contributed by atoms with Crippen LogP contribution >= 0.6 is 0 Å². The Kier molecular flexibility index (Phi) is 8.95. The van der Waals surface area contributed by atoms with Crippen LogP contribution in [0.15, 0.2) is 60.9 Å². The minimum Gasteiger partial charge on any atom is -0.489 e. The van der Waals surface area contributed by atoms with Crippen LogP contribution in [0.2, 0.25) is 0 Å². The average Bonchev–Trinajstić information content (AvgIpc) is 3.35. The third kappa shape index (κ3) is 6.62. The number of esters is 1. The largest absolute Gasteiger partial charge is 0.489 e. The Bertz CT molecular complexity index is 1590. The van der Waals surface area contributed by atoms with Crippen LogP contribution in [0.1, 0.15) is 23.2 Å². The van der Waals surface area contributed by atoms with Gasteiger partial charge < -0.3 is 19.9 Å². The maximum Gasteiger partial charge on any atom is 0.310 e. The number of pyridine rings is 1. The number of halogens is 1. The molecular formula is C28H30FN3O6S. The van der Waals surface area contributed by atoms with Gasteiger partial charge in [0, 0.05) is 55.6 Å². The molecule has 0 aliphatic carbocycles. The second-order valence-corrected chi connectivity index (χ2v) is 10.8. The molecule has 2 N–H and O–H groups in total. The first-order valence-electron chi connectivity index (χ1n) is 12.3. The zero-order chi connectivity index (χ0) is 28.0. The van der Waals surface area contributed by atoms with Crippen LogP contribution in [0.5, 0.6) is 5.75 Å². The summed E-state index contributed by atoms with van der Waals surface area (Å²) in [5.41, 5.74) is 8.12. The molecule has 206 valence electrons. The average molecular weight is 556 g/mol. The third-order valence-electron chi connectivity index (χ3n) is 6.09. The number of hydrogen-bond donors (Lipinski definition) is 1. The van der Waals surface area contributed by atoms with Crippen molar-refractivity contribution in [1.29, 1.82) is 0 Å². The number of para-hydroxylation sites is 1. The van der Waals surface area contributed by atoms with Crippen LogP contribution < -0.4 is 10.5 Å². The molecule has 4 rings (SSSR count). The molecule has 2 aromatic carbocycles. The standard InChI is InChI=1S/C28H30FN3O6S/c1-36-12-5-13-37-27(33)16-20-6-3-4-7-26(20)38-18-19-14-23(22-8-10-31-24(17-30)28(22)29)21-9-11-32(25(21)15-19)39(2,34)35/h3-4,6-11,14-15H,5,12-13,16-18,30H2,1-2H3. The van der Waals surface area contributed by atoms with Crippen molar-refractivity contribution in [3.63, 3.8) is 0 Å². The van der Waals surface area contributed by atoms with Crippen LogP contribution in [0.25, 0.3) is 22.0 Å². The molecule has 0 spiro atoms. The van der Waals surface area contributed by atoms with Crippen molar-refractivity contribution in [1.82, 2.24) is 8.96 Å². The molecule has 2 aromatic heterocycles. The lowest BCUT2D eigenvalue weighted by Gasteiger charge is -2.14. The van der Waals surface area contributed by atoms with E-state index >= 15 is 4.39 Å². The summed E-state index contributed by atoms with van der Waals surface area (Å²) in [6.07, 6.45) is 4.62. The maximum atomic E-state index is 15.3. The number of nitrogens with zero attached hydrogens (tertiary/aromatic N) is 2. The quantitative estimate of drug-likeness (QED) is 0.207. The van der Waals surface area contributed by atoms with Crippen LogP contribution in [0.3, 0.4) is 0 Å². The van der Waals surface area contributed by atoms with Gasteiger partial charge in [-0.2, -0.15) is 0 Å². The Balaban J connectivity index is 1.66. The normalized spacial score (nSPS) is 11.6. The first-order valence-corrected chi connectivity index (χ1v) is 14.1. The van der Waals surface area contributed by atoms with Gasteiger partial charge in [-0.3, -0.25) is 9.78 Å². The van der Waals surface area contributed by atoms with Gasteiger partial charge in [-0.1, -0.05) is 18.2 Å². The Morgan fingerprint density at radius 3 is 2.64 bits per heavy atom. The second kappa shape index (κ2) is 12.4. The van der Waals surface area contributed by atoms with Gasteiger partial charge in [-0.25, -0.2) is 16.8 Å². The van der Waals surface area contributed by atoms with Crippen LogP contribution in [-0.2, 0) is 43.9 Å². The van der Waals surface area contributed by atoms with E-state index in [-0.39, 0.29) is 43.4 Å². The predicted octanol–water partition coefficient (Wildman–Crippen LogP) is 3.81. The molecule has 0 fully saturated rings. The third-order valence-corrected chi connectivity index (χ3v) is 7.12. The smallest absolute Gasteiger partial charge is 0.310 e. The molecule has 11 heteroatoms. The number of carbonyl (C=O) groups excluding carboxylic acids is 1. The van der Waals surface area contributed by atoms with Gasteiger partial charge in [0.1, 0.15) is 12.4 Å². The number of hydrogen-bond acceptors (Lipinski definition) is 8. The van der Waals surface area contributed by atoms with Gasteiger partial charge in [0.05, 0.1) is 30.5 Å². The van der Waals surface area contributed by atoms with E-state index in [4.69, 9.17) is 19.9 Å². The summed E-state index contributed by atoms with van der Waals surface area (Å²) in [5, 5.41) is 0.550. The van der Waals surface area contributed by atoms with Crippen molar-refractivity contribution >= 4 is 26.9 Å². The molecule has 0 atom stereocenters. The molecule has 4 aromatic rings. The highest BCUT2D eigenvalue weighted by Crippen LogP contribution is 2.34. The van der Waals surface area contributed by atoms with E-state index < -0.39 is 15.8 Å². The van der Waals surface area contributed by atoms with E-state index in [2.05, 4.69) is 4.98 Å². The number of benzene rings is 2. The van der Waals surface area contributed by atoms with Gasteiger partial charge in [0.25, 0.3) is 0 Å². The summed E-state index contributed by atoms with van der Waals surface area (Å²) in [4.78, 5) is 16.3. The van der Waals surface area contributed by atoms with Gasteiger partial charge in [0.2, 0.25) is 10.0 Å². The number of aromatic nitrogens is 2. The molecule has 0 bridgehead atoms. The molecule has 0 saturated heterocycles. The molecule has 0 unspecified atom stereocenters. The Hall–Kier alpha value is -3.80. The molecular weight excluding hydrogens is 525 g/mol. The summed E-state index contributed by atoms with van der Waals surface area (Å²) in [6, 6.07) is 13.7. The van der Waals surface area contributed by atoms with Gasteiger partial charge in [0.15, 0.2) is 5.82 Å². The molecule has 2 heterocycles. The fourth-order valence-electron chi connectivity index (χ4n) is 4.26. The molecule has 0 radical (unpaired) electrons. The number of carbonyl (C=O) groups is 1. The predicted molar refractivity (Wildman–Crippen MR) is 145 cm³/mol. The van der Waals surface area contributed by atoms with Crippen LogP contribution in [0, 0.1) is 5.82 Å². The minimum atomic E-state index is -3.63. The monoisotopic (exact) mass is 555 g/mol. The Labute approximate surface area is 226 Å². The molecule has 9 nitrogen and oxygen atoms in total. The molecule has 0 aliphatic rings. The van der Waals surface area contributed by atoms with E-state index in [1.165, 1.54) is 18.5 Å². The van der Waals surface area contributed by atoms with Crippen LogP contribution in [0.4, 0.5) is 4.39 Å². The lowest BCUT2D eigenvalue weighted by Crippen LogP contribution is -2.11. The summed E-state index contributed by atoms with van der Waals surface area (Å²) >= 11 is 0. The number of methoxy groups -OCH3 is 1. The fraction of sp³-hybridized carbons (Fsp3) is 0.286. The number of fused-ring (bicyclic) bond motifs is 1. The SMILES string of the molecule is COCCCOC(=O)Cc1ccccc1OCc1cc(-c2ccnc(CN)c2F)c2ccn(S(C)(=O)=O)c2c1. The fourth-order valence-corrected chi connectivity index (χ4v) is 5.05. The topological polar surface area (TPSA) is 123 Å². The molecule has 0 amide bonds. The molecule has 39 heavy (non-hydrogen) atoms. The van der Waals surface area contributed by atoms with E-state index in [1.807, 2.05) is 0 Å². The summed E-state index contributed by atoms with van der Waals surface area (Å²) in [7, 11) is -2.05. The van der Waals surface area contributed by atoms with E-state index in [1.54, 1.807) is 49.6 Å². The van der Waals surface area contributed by atoms with Crippen LogP contribution in [-0.4, -0.2) is 49.9 Å². The Morgan fingerprint density at radius 1 is 1.10 bits per heavy atom. The molecule has 0 saturated carbocycles. The van der Waals surface area contributed by atoms with E-state index in [0.29, 0.717) is 46.4 Å². The van der Waals surface area contributed by atoms with Crippen molar-refractivity contribution in [2.45, 2.75) is 26.0 Å². The zero-order valence-electron chi connectivity index (χ0n) is 21.7. The minimum absolute atomic E-state index is 0.0223. The summed E-state index contributed by atoms with van der Waals surface area (Å²) < 4.78 is 57.6. The maximum absolute atomic E-state index is 15.3. The Morgan fingerprint density at radius 2 is 1.90 bits per heavy atom. The van der Waals surface area contributed by atoms with Crippen molar-refractivity contribution in [3.8, 4) is 16.9 Å². The first-order chi connectivity index (χ1) is 18.7. The van der Waals surface area contributed by atoms with Crippen molar-refractivity contribution in [3.05, 3.63) is 83.6 Å². The second-order valence-electron chi connectivity index (χ2n) is 8.91. The lowest BCUT2D eigenvalue weighted by molar-refractivity contribution is -0.143.